The summed E-state index contributed by atoms with van der Waals surface area (Å²) in [6, 6.07) is 12.3. The number of halogens is 1. The van der Waals surface area contributed by atoms with Crippen molar-refractivity contribution in [2.75, 3.05) is 32.2 Å². The van der Waals surface area contributed by atoms with Crippen LogP contribution in [0.3, 0.4) is 0 Å². The topological polar surface area (TPSA) is 162 Å². The van der Waals surface area contributed by atoms with Gasteiger partial charge in [-0.1, -0.05) is 101 Å². The van der Waals surface area contributed by atoms with E-state index in [2.05, 4.69) is 23.1 Å². The average molecular weight is 776 g/mol. The van der Waals surface area contributed by atoms with Gasteiger partial charge >= 0.3 is 7.82 Å². The summed E-state index contributed by atoms with van der Waals surface area (Å²) in [5.41, 5.74) is 5.26. The van der Waals surface area contributed by atoms with Gasteiger partial charge in [-0.15, -0.1) is 0 Å². The summed E-state index contributed by atoms with van der Waals surface area (Å²) >= 11 is 6.35. The van der Waals surface area contributed by atoms with Crippen molar-refractivity contribution in [2.45, 2.75) is 134 Å². The summed E-state index contributed by atoms with van der Waals surface area (Å²) in [4.78, 5) is 4.04. The summed E-state index contributed by atoms with van der Waals surface area (Å²) in [5.74, 6) is -0.680. The molecule has 292 valence electrons. The molecule has 5 rings (SSSR count). The predicted molar refractivity (Wildman–Crippen MR) is 201 cm³/mol. The first-order chi connectivity index (χ1) is 25.6. The smallest absolute Gasteiger partial charge is 0.402 e. The molecule has 0 aliphatic carbocycles. The third-order valence-corrected chi connectivity index (χ3v) is 11.2. The van der Waals surface area contributed by atoms with Crippen LogP contribution >= 0.6 is 19.4 Å². The lowest BCUT2D eigenvalue weighted by Crippen LogP contribution is -2.40. The number of unbranched alkanes of at least 4 members (excludes halogenated alkanes) is 11. The van der Waals surface area contributed by atoms with E-state index in [0.29, 0.717) is 30.8 Å². The van der Waals surface area contributed by atoms with Gasteiger partial charge in [0.25, 0.3) is 0 Å². The number of benzene rings is 1. The Morgan fingerprint density at radius 3 is 2.28 bits per heavy atom. The maximum Gasteiger partial charge on any atom is 0.530 e. The highest BCUT2D eigenvalue weighted by Crippen LogP contribution is 2.54. The first-order valence-electron chi connectivity index (χ1n) is 19.1. The van der Waals surface area contributed by atoms with Crippen LogP contribution in [-0.4, -0.2) is 65.1 Å². The van der Waals surface area contributed by atoms with Crippen LogP contribution < -0.4 is 10.3 Å². The lowest BCUT2D eigenvalue weighted by Gasteiger charge is -2.29. The monoisotopic (exact) mass is 775 g/mol. The van der Waals surface area contributed by atoms with Crippen LogP contribution in [0.5, 0.6) is 5.75 Å². The Balaban J connectivity index is 1.13. The summed E-state index contributed by atoms with van der Waals surface area (Å²) in [6.07, 6.45) is 14.6. The normalized spacial score (nSPS) is 23.2. The summed E-state index contributed by atoms with van der Waals surface area (Å²) in [5, 5.41) is 15.2. The van der Waals surface area contributed by atoms with Crippen molar-refractivity contribution in [3.8, 4) is 11.8 Å². The van der Waals surface area contributed by atoms with E-state index in [-0.39, 0.29) is 29.8 Å². The minimum Gasteiger partial charge on any atom is -0.402 e. The highest BCUT2D eigenvalue weighted by atomic mass is 35.5. The van der Waals surface area contributed by atoms with Gasteiger partial charge in [0.05, 0.1) is 23.9 Å². The summed E-state index contributed by atoms with van der Waals surface area (Å²) in [6.45, 7) is 6.57. The number of hydrogen-bond acceptors (Lipinski definition) is 12. The van der Waals surface area contributed by atoms with E-state index in [0.717, 1.165) is 12.8 Å². The van der Waals surface area contributed by atoms with Crippen molar-refractivity contribution in [1.29, 1.82) is 5.26 Å². The SMILES string of the molecule is CCCCCCCCCCCCCCOCCCOP(=O)(OC[C@H]1O[C@@](C#N)(c2ccc3c(N)ncnn23)[C@@H]2OC(C)(C)O[C@@H]21)Oc1ccccc1Cl. The number of ether oxygens (including phenoxy) is 4. The molecule has 3 aromatic rings. The van der Waals surface area contributed by atoms with Crippen LogP contribution in [0.4, 0.5) is 5.82 Å². The molecule has 0 spiro atoms. The number of fused-ring (bicyclic) bond motifs is 2. The Morgan fingerprint density at radius 2 is 1.58 bits per heavy atom. The van der Waals surface area contributed by atoms with E-state index in [4.69, 9.17) is 49.9 Å². The van der Waals surface area contributed by atoms with Crippen molar-refractivity contribution in [3.63, 3.8) is 0 Å². The fourth-order valence-electron chi connectivity index (χ4n) is 6.84. The summed E-state index contributed by atoms with van der Waals surface area (Å²) < 4.78 is 57.9. The number of phosphoric acid groups is 1. The molecule has 15 heteroatoms. The number of nitrogens with zero attached hydrogens (tertiary/aromatic N) is 4. The van der Waals surface area contributed by atoms with E-state index < -0.39 is 37.5 Å². The second-order valence-corrected chi connectivity index (χ2v) is 16.1. The maximum atomic E-state index is 14.1. The van der Waals surface area contributed by atoms with Gasteiger partial charge in [0.15, 0.2) is 11.6 Å². The Labute approximate surface area is 318 Å². The zero-order valence-electron chi connectivity index (χ0n) is 31.3. The molecule has 0 amide bonds. The van der Waals surface area contributed by atoms with Gasteiger partial charge in [0.1, 0.15) is 42.0 Å². The number of rotatable bonds is 24. The lowest BCUT2D eigenvalue weighted by molar-refractivity contribution is -0.204. The number of para-hydroxylation sites is 1. The molecular formula is C38H55ClN5O8P. The van der Waals surface area contributed by atoms with E-state index in [1.165, 1.54) is 75.1 Å². The van der Waals surface area contributed by atoms with Gasteiger partial charge < -0.3 is 29.2 Å². The predicted octanol–water partition coefficient (Wildman–Crippen LogP) is 8.93. The molecule has 5 atom stereocenters. The molecule has 13 nitrogen and oxygen atoms in total. The molecule has 1 unspecified atom stereocenters. The third-order valence-electron chi connectivity index (χ3n) is 9.53. The molecule has 2 aromatic heterocycles. The molecule has 2 aliphatic rings. The van der Waals surface area contributed by atoms with Crippen LogP contribution in [-0.2, 0) is 38.2 Å². The number of aromatic nitrogens is 3. The van der Waals surface area contributed by atoms with E-state index >= 15 is 0 Å². The first-order valence-corrected chi connectivity index (χ1v) is 20.9. The number of phosphoric ester groups is 1. The Morgan fingerprint density at radius 1 is 0.906 bits per heavy atom. The van der Waals surface area contributed by atoms with Gasteiger partial charge in [-0.3, -0.25) is 9.05 Å². The molecule has 53 heavy (non-hydrogen) atoms. The second kappa shape index (κ2) is 19.7. The number of nitrogen functional groups attached to an aromatic ring is 1. The molecule has 4 heterocycles. The summed E-state index contributed by atoms with van der Waals surface area (Å²) in [7, 11) is -4.28. The molecule has 0 bridgehead atoms. The van der Waals surface area contributed by atoms with Crippen molar-refractivity contribution in [1.82, 2.24) is 14.6 Å². The van der Waals surface area contributed by atoms with Crippen LogP contribution in [0.2, 0.25) is 5.02 Å². The number of anilines is 1. The van der Waals surface area contributed by atoms with Gasteiger partial charge in [-0.25, -0.2) is 14.1 Å². The van der Waals surface area contributed by atoms with Crippen molar-refractivity contribution >= 4 is 30.8 Å². The van der Waals surface area contributed by atoms with Gasteiger partial charge in [-0.05, 0) is 51.0 Å². The largest absolute Gasteiger partial charge is 0.530 e. The van der Waals surface area contributed by atoms with E-state index in [1.807, 2.05) is 0 Å². The second-order valence-electron chi connectivity index (χ2n) is 14.1. The first kappa shape index (κ1) is 41.4. The molecule has 2 N–H and O–H groups in total. The van der Waals surface area contributed by atoms with Crippen LogP contribution in [0, 0.1) is 11.3 Å². The fraction of sp³-hybridized carbons (Fsp3) is 0.658. The molecule has 0 radical (unpaired) electrons. The molecule has 0 saturated carbocycles. The Kier molecular flexibility index (Phi) is 15.4. The quantitative estimate of drug-likeness (QED) is 0.0680. The standard InChI is InChI=1S/C38H55ClN5O8P/c1-4-5-6-7-8-9-10-11-12-13-14-17-23-46-24-18-25-47-53(45,52-31-20-16-15-19-29(31)39)48-26-32-34-35(51-37(2,3)50-34)38(27-40,49-32)33-22-21-30-36(41)42-28-43-44(30)33/h15-16,19-22,28,32,34-35H,4-14,17-18,23-26H2,1-3H3,(H2,41,42,43)/t32-,34-,35-,38+,53?/m1/s1. The Bertz CT molecular complexity index is 1690. The number of nitrogens with two attached hydrogens (primary N) is 1. The van der Waals surface area contributed by atoms with Crippen molar-refractivity contribution in [3.05, 3.63) is 53.4 Å². The highest BCUT2D eigenvalue weighted by Gasteiger charge is 2.65. The Hall–Kier alpha value is -2.79. The maximum absolute atomic E-state index is 14.1. The molecule has 1 aromatic carbocycles. The van der Waals surface area contributed by atoms with Gasteiger partial charge in [-0.2, -0.15) is 10.4 Å². The fourth-order valence-corrected chi connectivity index (χ4v) is 8.33. The minimum atomic E-state index is -4.28. The highest BCUT2D eigenvalue weighted by molar-refractivity contribution is 7.48. The average Bonchev–Trinajstić information content (AvgIpc) is 3.80. The number of hydrogen-bond donors (Lipinski definition) is 1. The molecular weight excluding hydrogens is 721 g/mol. The molecule has 2 fully saturated rings. The van der Waals surface area contributed by atoms with Crippen LogP contribution in [0.1, 0.15) is 110 Å². The van der Waals surface area contributed by atoms with Crippen molar-refractivity contribution < 1.29 is 37.1 Å². The molecule has 2 saturated heterocycles. The van der Waals surface area contributed by atoms with Crippen LogP contribution in [0.15, 0.2) is 42.7 Å². The van der Waals surface area contributed by atoms with Crippen LogP contribution in [0.25, 0.3) is 5.52 Å². The van der Waals surface area contributed by atoms with Gasteiger partial charge in [0.2, 0.25) is 5.60 Å². The number of nitriles is 1. The zero-order valence-corrected chi connectivity index (χ0v) is 32.9. The minimum absolute atomic E-state index is 0.0454. The lowest BCUT2D eigenvalue weighted by atomic mass is 9.92. The zero-order chi connectivity index (χ0) is 37.7. The molecule has 2 aliphatic heterocycles. The van der Waals surface area contributed by atoms with Gasteiger partial charge in [0, 0.05) is 13.2 Å². The van der Waals surface area contributed by atoms with E-state index in [1.54, 1.807) is 50.2 Å². The van der Waals surface area contributed by atoms with E-state index in [9.17, 15) is 9.83 Å². The third kappa shape index (κ3) is 10.9. The van der Waals surface area contributed by atoms with Crippen molar-refractivity contribution in [2.24, 2.45) is 0 Å².